The van der Waals surface area contributed by atoms with Crippen LogP contribution in [0.2, 0.25) is 0 Å². The van der Waals surface area contributed by atoms with Gasteiger partial charge in [0.2, 0.25) is 0 Å². The number of carboxylic acids is 1. The van der Waals surface area contributed by atoms with Gasteiger partial charge in [-0.15, -0.1) is 0 Å². The molecule has 0 bridgehead atoms. The van der Waals surface area contributed by atoms with Gasteiger partial charge in [0.05, 0.1) is 11.5 Å². The van der Waals surface area contributed by atoms with Gasteiger partial charge in [-0.25, -0.2) is 0 Å². The minimum atomic E-state index is -0.538. The Morgan fingerprint density at radius 1 is 0.853 bits per heavy atom. The Balaban J connectivity index is 0.00000171. The fourth-order valence-corrected chi connectivity index (χ4v) is 11.5. The molecule has 0 aromatic carbocycles. The van der Waals surface area contributed by atoms with Gasteiger partial charge in [0.25, 0.3) is 0 Å². The van der Waals surface area contributed by atoms with Crippen LogP contribution < -0.4 is 29.6 Å². The third-order valence-electron chi connectivity index (χ3n) is 13.5. The Labute approximate surface area is 231 Å². The first-order valence-corrected chi connectivity index (χ1v) is 13.8. The number of hydrogen-bond acceptors (Lipinski definition) is 2. The van der Waals surface area contributed by atoms with Crippen molar-refractivity contribution in [1.82, 2.24) is 0 Å². The maximum absolute atomic E-state index is 12.8. The van der Waals surface area contributed by atoms with E-state index in [9.17, 15) is 15.0 Å². The second-order valence-electron chi connectivity index (χ2n) is 14.5. The zero-order chi connectivity index (χ0) is 24.2. The average Bonchev–Trinajstić information content (AvgIpc) is 3.13. The summed E-state index contributed by atoms with van der Waals surface area (Å²) in [6.45, 7) is 18.8. The summed E-state index contributed by atoms with van der Waals surface area (Å²) in [4.78, 5) is 12.8. The minimum absolute atomic E-state index is 0. The van der Waals surface area contributed by atoms with Gasteiger partial charge >= 0.3 is 35.5 Å². The fraction of sp³-hybridized carbons (Fsp3) is 0.900. The number of allylic oxidation sites excluding steroid dienone is 1. The number of carboxylic acid groups (broad SMARTS) is 1. The van der Waals surface area contributed by atoms with E-state index in [1.165, 1.54) is 31.3 Å². The molecule has 188 valence electrons. The van der Waals surface area contributed by atoms with E-state index in [0.717, 1.165) is 38.5 Å². The molecule has 0 unspecified atom stereocenters. The summed E-state index contributed by atoms with van der Waals surface area (Å²) in [6.07, 6.45) is 10.5. The molecular formula is C30H49NaO3. The molecule has 0 aliphatic heterocycles. The second kappa shape index (κ2) is 8.34. The summed E-state index contributed by atoms with van der Waals surface area (Å²) in [6, 6.07) is 0. The van der Waals surface area contributed by atoms with Crippen molar-refractivity contribution in [3.05, 3.63) is 12.2 Å². The number of fused-ring (bicyclic) bond motifs is 7. The van der Waals surface area contributed by atoms with Gasteiger partial charge in [-0.05, 0) is 122 Å². The molecule has 0 radical (unpaired) electrons. The van der Waals surface area contributed by atoms with Crippen LogP contribution in [-0.4, -0.2) is 22.3 Å². The van der Waals surface area contributed by atoms with E-state index in [0.29, 0.717) is 23.7 Å². The number of hydrogen-bond donors (Lipinski definition) is 2. The van der Waals surface area contributed by atoms with Crippen LogP contribution in [0, 0.1) is 56.7 Å². The summed E-state index contributed by atoms with van der Waals surface area (Å²) in [5.41, 5.74) is 1.35. The molecule has 5 fully saturated rings. The molecule has 4 heteroatoms. The van der Waals surface area contributed by atoms with Gasteiger partial charge in [0, 0.05) is 0 Å². The van der Waals surface area contributed by atoms with Crippen molar-refractivity contribution >= 4 is 5.97 Å². The minimum Gasteiger partial charge on any atom is -1.00 e. The van der Waals surface area contributed by atoms with E-state index in [-0.39, 0.29) is 64.7 Å². The quantitative estimate of drug-likeness (QED) is 0.460. The van der Waals surface area contributed by atoms with Gasteiger partial charge in [0.15, 0.2) is 0 Å². The van der Waals surface area contributed by atoms with Crippen molar-refractivity contribution in [1.29, 1.82) is 0 Å². The Morgan fingerprint density at radius 3 is 2.15 bits per heavy atom. The standard InChI is InChI=1S/C30H48O3.Na.H/c1-18(2)19-10-15-30(25(32)33)17-16-28(6)20(24(19)30)8-9-22-27(5)13-12-23(31)26(3,4)21(27)11-14-29(22,28)7;;/h19-24,31H,1,8-17H2,2-7H3,(H,32,33);;/q;+1;-1/t19-,20+,21-,22+,23-,24+,27-,28+,29+,30-;;/m0../s1. The summed E-state index contributed by atoms with van der Waals surface area (Å²) in [7, 11) is 0. The Kier molecular flexibility index (Phi) is 6.67. The molecule has 5 rings (SSSR count). The van der Waals surface area contributed by atoms with Gasteiger partial charge in [0.1, 0.15) is 0 Å². The first-order chi connectivity index (χ1) is 15.3. The van der Waals surface area contributed by atoms with E-state index in [2.05, 4.69) is 48.1 Å². The number of rotatable bonds is 2. The largest absolute Gasteiger partial charge is 1.00 e. The van der Waals surface area contributed by atoms with Crippen molar-refractivity contribution in [3.63, 3.8) is 0 Å². The van der Waals surface area contributed by atoms with E-state index >= 15 is 0 Å². The Bertz CT molecular complexity index is 874. The van der Waals surface area contributed by atoms with Crippen molar-refractivity contribution in [2.45, 2.75) is 112 Å². The molecule has 5 aliphatic rings. The van der Waals surface area contributed by atoms with E-state index in [1.807, 2.05) is 0 Å². The smallest absolute Gasteiger partial charge is 1.00 e. The molecule has 0 saturated heterocycles. The summed E-state index contributed by atoms with van der Waals surface area (Å²) >= 11 is 0. The molecule has 5 saturated carbocycles. The van der Waals surface area contributed by atoms with Crippen molar-refractivity contribution in [3.8, 4) is 0 Å². The number of carbonyl (C=O) groups is 1. The SMILES string of the molecule is C=C(C)[C@@H]1CC[C@]2(C(=O)O)CC[C@]3(C)[C@H](CC[C@@H]4[C@@]5(C)CC[C@H](O)C(C)(C)[C@@H]5CC[C@]43C)[C@@H]12.[H-].[Na+]. The van der Waals surface area contributed by atoms with Crippen LogP contribution in [0.15, 0.2) is 12.2 Å². The average molecular weight is 481 g/mol. The molecule has 0 heterocycles. The molecule has 0 amide bonds. The Morgan fingerprint density at radius 2 is 1.53 bits per heavy atom. The van der Waals surface area contributed by atoms with Crippen molar-refractivity contribution in [2.24, 2.45) is 56.7 Å². The monoisotopic (exact) mass is 480 g/mol. The first kappa shape index (κ1) is 27.2. The fourth-order valence-electron chi connectivity index (χ4n) is 11.5. The Hall–Kier alpha value is 0.170. The van der Waals surface area contributed by atoms with Crippen LogP contribution in [-0.2, 0) is 4.79 Å². The summed E-state index contributed by atoms with van der Waals surface area (Å²) < 4.78 is 0. The zero-order valence-corrected chi connectivity index (χ0v) is 25.0. The zero-order valence-electron chi connectivity index (χ0n) is 24.0. The van der Waals surface area contributed by atoms with Crippen LogP contribution in [0.1, 0.15) is 107 Å². The van der Waals surface area contributed by atoms with Crippen LogP contribution >= 0.6 is 0 Å². The van der Waals surface area contributed by atoms with Crippen LogP contribution in [0.3, 0.4) is 0 Å². The normalized spacial score (nSPS) is 53.4. The second-order valence-corrected chi connectivity index (χ2v) is 14.5. The summed E-state index contributed by atoms with van der Waals surface area (Å²) in [5.74, 6) is 1.79. The maximum Gasteiger partial charge on any atom is 1.00 e. The van der Waals surface area contributed by atoms with Gasteiger partial charge < -0.3 is 11.6 Å². The van der Waals surface area contributed by atoms with E-state index < -0.39 is 11.4 Å². The molecule has 2 N–H and O–H groups in total. The molecule has 10 atom stereocenters. The molecule has 34 heavy (non-hydrogen) atoms. The van der Waals surface area contributed by atoms with Gasteiger partial charge in [-0.3, -0.25) is 4.79 Å². The predicted molar refractivity (Wildman–Crippen MR) is 134 cm³/mol. The van der Waals surface area contributed by atoms with Crippen molar-refractivity contribution in [2.75, 3.05) is 0 Å². The maximum atomic E-state index is 12.8. The molecular weight excluding hydrogens is 431 g/mol. The van der Waals surface area contributed by atoms with Gasteiger partial charge in [-0.1, -0.05) is 46.8 Å². The number of aliphatic hydroxyl groups excluding tert-OH is 1. The predicted octanol–water partition coefficient (Wildman–Crippen LogP) is 4.21. The molecule has 3 nitrogen and oxygen atoms in total. The number of aliphatic carboxylic acids is 1. The van der Waals surface area contributed by atoms with E-state index in [4.69, 9.17) is 0 Å². The third-order valence-corrected chi connectivity index (χ3v) is 13.5. The molecule has 0 aromatic rings. The third kappa shape index (κ3) is 3.18. The molecule has 0 aromatic heterocycles. The molecule has 0 spiro atoms. The van der Waals surface area contributed by atoms with Crippen LogP contribution in [0.5, 0.6) is 0 Å². The molecule has 5 aliphatic carbocycles. The number of aliphatic hydroxyl groups is 1. The van der Waals surface area contributed by atoms with Gasteiger partial charge in [-0.2, -0.15) is 0 Å². The topological polar surface area (TPSA) is 57.5 Å². The van der Waals surface area contributed by atoms with Crippen LogP contribution in [0.25, 0.3) is 0 Å². The summed E-state index contributed by atoms with van der Waals surface area (Å²) in [5, 5.41) is 21.4. The van der Waals surface area contributed by atoms with Crippen molar-refractivity contribution < 1.29 is 46.0 Å². The first-order valence-electron chi connectivity index (χ1n) is 13.8. The van der Waals surface area contributed by atoms with Crippen LogP contribution in [0.4, 0.5) is 0 Å². The van der Waals surface area contributed by atoms with E-state index in [1.54, 1.807) is 0 Å².